The largest absolute Gasteiger partial charge is 0.457 e. The minimum absolute atomic E-state index is 0.00222. The van der Waals surface area contributed by atoms with E-state index in [0.717, 1.165) is 5.69 Å². The van der Waals surface area contributed by atoms with Crippen LogP contribution in [0.25, 0.3) is 0 Å². The summed E-state index contributed by atoms with van der Waals surface area (Å²) in [4.78, 5) is 24.4. The molecule has 0 fully saturated rings. The number of aromatic amines is 1. The predicted molar refractivity (Wildman–Crippen MR) is 88.5 cm³/mol. The summed E-state index contributed by atoms with van der Waals surface area (Å²) in [7, 11) is 0. The summed E-state index contributed by atoms with van der Waals surface area (Å²) in [6.45, 7) is 1.78. The molecule has 8 nitrogen and oxygen atoms in total. The maximum absolute atomic E-state index is 12.5. The molecule has 1 aromatic carbocycles. The van der Waals surface area contributed by atoms with Gasteiger partial charge in [-0.3, -0.25) is 9.89 Å². The number of furan rings is 1. The minimum Gasteiger partial charge on any atom is -0.457 e. The lowest BCUT2D eigenvalue weighted by atomic mass is 10.0. The molecular formula is C17H14N4O4. The number of carbonyl (C=O) groups is 2. The van der Waals surface area contributed by atoms with Crippen molar-refractivity contribution in [2.75, 3.05) is 0 Å². The van der Waals surface area contributed by atoms with Gasteiger partial charge in [0.25, 0.3) is 0 Å². The lowest BCUT2D eigenvalue weighted by Crippen LogP contribution is -2.18. The molecule has 3 rings (SSSR count). The van der Waals surface area contributed by atoms with Crippen LogP contribution < -0.4 is 10.6 Å². The third kappa shape index (κ3) is 3.47. The highest BCUT2D eigenvalue weighted by molar-refractivity contribution is 6.51. The van der Waals surface area contributed by atoms with Gasteiger partial charge in [0.1, 0.15) is 17.2 Å². The van der Waals surface area contributed by atoms with Crippen molar-refractivity contribution in [1.82, 2.24) is 10.2 Å². The van der Waals surface area contributed by atoms with Gasteiger partial charge in [-0.1, -0.05) is 12.1 Å². The van der Waals surface area contributed by atoms with Gasteiger partial charge in [0.05, 0.1) is 6.26 Å². The van der Waals surface area contributed by atoms with Crippen molar-refractivity contribution in [3.8, 4) is 5.75 Å². The van der Waals surface area contributed by atoms with Crippen LogP contribution in [0.3, 0.4) is 0 Å². The average Bonchev–Trinajstić information content (AvgIpc) is 3.27. The number of rotatable bonds is 5. The molecule has 3 aromatic rings. The Bertz CT molecular complexity index is 941. The van der Waals surface area contributed by atoms with Gasteiger partial charge >= 0.3 is 5.97 Å². The van der Waals surface area contributed by atoms with E-state index in [4.69, 9.17) is 15.0 Å². The van der Waals surface area contributed by atoms with Crippen molar-refractivity contribution in [2.24, 2.45) is 10.9 Å². The summed E-state index contributed by atoms with van der Waals surface area (Å²) in [6.07, 6.45) is 1.37. The zero-order valence-corrected chi connectivity index (χ0v) is 13.2. The van der Waals surface area contributed by atoms with Crippen molar-refractivity contribution in [1.29, 1.82) is 0 Å². The minimum atomic E-state index is -0.650. The molecule has 0 aliphatic heterocycles. The number of benzene rings is 1. The number of nitrogens with one attached hydrogen (secondary N) is 1. The van der Waals surface area contributed by atoms with Gasteiger partial charge in [0.15, 0.2) is 0 Å². The number of nitrogens with two attached hydrogens (primary N) is 1. The molecular weight excluding hydrogens is 324 g/mol. The number of Topliss-reactive ketones (excluding diaryl/α,β-unsaturated/α-hetero) is 1. The zero-order valence-electron chi connectivity index (χ0n) is 13.2. The fraction of sp³-hybridized carbons (Fsp3) is 0.0588. The Balaban J connectivity index is 1.84. The zero-order chi connectivity index (χ0) is 17.8. The van der Waals surface area contributed by atoms with E-state index in [1.807, 2.05) is 0 Å². The molecule has 126 valence electrons. The van der Waals surface area contributed by atoms with E-state index >= 15 is 0 Å². The van der Waals surface area contributed by atoms with E-state index in [1.54, 1.807) is 37.3 Å². The molecule has 0 atom stereocenters. The van der Waals surface area contributed by atoms with Crippen LogP contribution in [-0.2, 0) is 0 Å². The Labute approximate surface area is 142 Å². The third-order valence-electron chi connectivity index (χ3n) is 3.32. The van der Waals surface area contributed by atoms with Gasteiger partial charge < -0.3 is 15.0 Å². The second-order valence-corrected chi connectivity index (χ2v) is 5.14. The molecule has 2 heterocycles. The van der Waals surface area contributed by atoms with Crippen LogP contribution in [0.2, 0.25) is 0 Å². The standard InChI is InChI=1S/C17H14N4O4/c1-10-8-13(21-20-10)16(22)15(19-18)11-4-2-5-12(9-11)25-17(23)14-6-3-7-24-14/h2-9H,18H2,1H3,(H,20,21)/b19-15+. The summed E-state index contributed by atoms with van der Waals surface area (Å²) >= 11 is 0. The molecule has 3 N–H and O–H groups in total. The highest BCUT2D eigenvalue weighted by Crippen LogP contribution is 2.17. The van der Waals surface area contributed by atoms with Gasteiger partial charge in [-0.2, -0.15) is 10.2 Å². The fourth-order valence-corrected chi connectivity index (χ4v) is 2.18. The topological polar surface area (TPSA) is 124 Å². The number of hydrogen-bond donors (Lipinski definition) is 2. The molecule has 0 aliphatic carbocycles. The summed E-state index contributed by atoms with van der Waals surface area (Å²) in [5.41, 5.74) is 1.33. The van der Waals surface area contributed by atoms with Crippen molar-refractivity contribution in [3.63, 3.8) is 0 Å². The fourth-order valence-electron chi connectivity index (χ4n) is 2.18. The molecule has 0 spiro atoms. The van der Waals surface area contributed by atoms with E-state index in [-0.39, 0.29) is 22.9 Å². The van der Waals surface area contributed by atoms with E-state index in [1.165, 1.54) is 18.4 Å². The van der Waals surface area contributed by atoms with Crippen LogP contribution in [0, 0.1) is 6.92 Å². The summed E-state index contributed by atoms with van der Waals surface area (Å²) in [5.74, 6) is 4.59. The van der Waals surface area contributed by atoms with E-state index in [9.17, 15) is 9.59 Å². The van der Waals surface area contributed by atoms with Gasteiger partial charge in [-0.25, -0.2) is 4.79 Å². The average molecular weight is 338 g/mol. The highest BCUT2D eigenvalue weighted by atomic mass is 16.5. The number of carbonyl (C=O) groups excluding carboxylic acids is 2. The lowest BCUT2D eigenvalue weighted by molar-refractivity contribution is 0.0701. The van der Waals surface area contributed by atoms with Gasteiger partial charge in [-0.05, 0) is 37.3 Å². The predicted octanol–water partition coefficient (Wildman–Crippen LogP) is 2.08. The van der Waals surface area contributed by atoms with Crippen molar-refractivity contribution >= 4 is 17.5 Å². The van der Waals surface area contributed by atoms with E-state index < -0.39 is 11.8 Å². The molecule has 0 aliphatic rings. The number of hydrazone groups is 1. The summed E-state index contributed by atoms with van der Waals surface area (Å²) in [5, 5.41) is 10.2. The van der Waals surface area contributed by atoms with Gasteiger partial charge in [0, 0.05) is 11.3 Å². The number of esters is 1. The Morgan fingerprint density at radius 2 is 2.08 bits per heavy atom. The molecule has 8 heteroatoms. The van der Waals surface area contributed by atoms with Crippen molar-refractivity contribution in [2.45, 2.75) is 6.92 Å². The maximum atomic E-state index is 12.5. The first-order valence-electron chi connectivity index (χ1n) is 7.29. The first-order chi connectivity index (χ1) is 12.1. The second-order valence-electron chi connectivity index (χ2n) is 5.14. The summed E-state index contributed by atoms with van der Waals surface area (Å²) in [6, 6.07) is 11.0. The number of nitrogens with zero attached hydrogens (tertiary/aromatic N) is 2. The second kappa shape index (κ2) is 6.83. The van der Waals surface area contributed by atoms with E-state index in [0.29, 0.717) is 5.56 Å². The highest BCUT2D eigenvalue weighted by Gasteiger charge is 2.20. The van der Waals surface area contributed by atoms with Crippen LogP contribution in [0.1, 0.15) is 32.3 Å². The van der Waals surface area contributed by atoms with Crippen LogP contribution >= 0.6 is 0 Å². The maximum Gasteiger partial charge on any atom is 0.379 e. The molecule has 25 heavy (non-hydrogen) atoms. The molecule has 0 saturated heterocycles. The Kier molecular flexibility index (Phi) is 4.42. The monoisotopic (exact) mass is 338 g/mol. The Hall–Kier alpha value is -3.68. The quantitative estimate of drug-likeness (QED) is 0.183. The van der Waals surface area contributed by atoms with Crippen LogP contribution in [0.4, 0.5) is 0 Å². The number of aromatic nitrogens is 2. The lowest BCUT2D eigenvalue weighted by Gasteiger charge is -2.06. The van der Waals surface area contributed by atoms with E-state index in [2.05, 4.69) is 15.3 Å². The van der Waals surface area contributed by atoms with Gasteiger partial charge in [-0.15, -0.1) is 0 Å². The SMILES string of the molecule is Cc1cc(C(=O)/C(=N/N)c2cccc(OC(=O)c3ccco3)c2)n[nH]1. The molecule has 0 saturated carbocycles. The molecule has 0 unspecified atom stereocenters. The smallest absolute Gasteiger partial charge is 0.379 e. The summed E-state index contributed by atoms with van der Waals surface area (Å²) < 4.78 is 10.2. The van der Waals surface area contributed by atoms with Crippen LogP contribution in [0.15, 0.2) is 58.2 Å². The Morgan fingerprint density at radius 1 is 1.24 bits per heavy atom. The Morgan fingerprint density at radius 3 is 2.72 bits per heavy atom. The molecule has 0 bridgehead atoms. The molecule has 0 amide bonds. The molecule has 0 radical (unpaired) electrons. The number of H-pyrrole nitrogens is 1. The van der Waals surface area contributed by atoms with Gasteiger partial charge in [0.2, 0.25) is 11.5 Å². The number of aryl methyl sites for hydroxylation is 1. The number of ether oxygens (including phenoxy) is 1. The third-order valence-corrected chi connectivity index (χ3v) is 3.32. The van der Waals surface area contributed by atoms with Crippen molar-refractivity contribution in [3.05, 3.63) is 71.4 Å². The van der Waals surface area contributed by atoms with Crippen molar-refractivity contribution < 1.29 is 18.7 Å². The number of ketones is 1. The number of hydrogen-bond acceptors (Lipinski definition) is 7. The van der Waals surface area contributed by atoms with Crippen LogP contribution in [-0.4, -0.2) is 27.7 Å². The normalized spacial score (nSPS) is 11.3. The first-order valence-corrected chi connectivity index (χ1v) is 7.29. The molecule has 2 aromatic heterocycles. The first kappa shape index (κ1) is 16.2. The van der Waals surface area contributed by atoms with Crippen LogP contribution in [0.5, 0.6) is 5.75 Å².